The summed E-state index contributed by atoms with van der Waals surface area (Å²) in [7, 11) is -0.389. The third kappa shape index (κ3) is 5.45. The summed E-state index contributed by atoms with van der Waals surface area (Å²) in [5.41, 5.74) is 1.09. The quantitative estimate of drug-likeness (QED) is 0.651. The Hall–Kier alpha value is -1.60. The van der Waals surface area contributed by atoms with Gasteiger partial charge in [0, 0.05) is 32.2 Å². The Morgan fingerprint density at radius 1 is 1.04 bits per heavy atom. The lowest BCUT2D eigenvalue weighted by Gasteiger charge is -2.21. The molecule has 0 aliphatic heterocycles. The molecule has 0 aliphatic rings. The highest BCUT2D eigenvalue weighted by Crippen LogP contribution is 2.19. The molecule has 0 unspecified atom stereocenters. The number of sulfonamides is 1. The highest BCUT2D eigenvalue weighted by molar-refractivity contribution is 7.89. The van der Waals surface area contributed by atoms with Gasteiger partial charge in [-0.2, -0.15) is 0 Å². The topological polar surface area (TPSA) is 49.9 Å². The third-order valence-electron chi connectivity index (χ3n) is 4.08. The minimum atomic E-state index is -3.41. The van der Waals surface area contributed by atoms with Crippen molar-refractivity contribution in [1.29, 1.82) is 0 Å². The fraction of sp³-hybridized carbons (Fsp3) is 0.368. The molecule has 2 aromatic carbocycles. The largest absolute Gasteiger partial charge is 0.492 e. The van der Waals surface area contributed by atoms with Gasteiger partial charge in [0.15, 0.2) is 0 Å². The molecule has 0 heterocycles. The van der Waals surface area contributed by atoms with Crippen LogP contribution < -0.4 is 4.74 Å². The number of likely N-dealkylation sites (N-methyl/N-ethyl adjacent to an activating group) is 1. The van der Waals surface area contributed by atoms with E-state index in [0.29, 0.717) is 12.4 Å². The minimum Gasteiger partial charge on any atom is -0.492 e. The lowest BCUT2D eigenvalue weighted by Crippen LogP contribution is -2.28. The van der Waals surface area contributed by atoms with Crippen LogP contribution in [0.5, 0.6) is 5.75 Å². The van der Waals surface area contributed by atoms with Crippen LogP contribution in [0.25, 0.3) is 0 Å². The van der Waals surface area contributed by atoms with E-state index in [4.69, 9.17) is 16.3 Å². The Labute approximate surface area is 161 Å². The average Bonchev–Trinajstić information content (AvgIpc) is 2.62. The molecule has 0 amide bonds. The van der Waals surface area contributed by atoms with Gasteiger partial charge < -0.3 is 4.74 Å². The van der Waals surface area contributed by atoms with Crippen LogP contribution in [0.15, 0.2) is 53.4 Å². The van der Waals surface area contributed by atoms with Crippen molar-refractivity contribution in [3.05, 3.63) is 59.1 Å². The Balaban J connectivity index is 1.89. The molecule has 142 valence electrons. The van der Waals surface area contributed by atoms with Crippen LogP contribution >= 0.6 is 11.6 Å². The summed E-state index contributed by atoms with van der Waals surface area (Å²) in [6, 6.07) is 14.3. The van der Waals surface area contributed by atoms with Gasteiger partial charge in [0.1, 0.15) is 12.4 Å². The average molecular weight is 397 g/mol. The second-order valence-electron chi connectivity index (χ2n) is 6.07. The van der Waals surface area contributed by atoms with Crippen molar-refractivity contribution in [3.8, 4) is 5.75 Å². The smallest absolute Gasteiger partial charge is 0.242 e. The molecule has 7 heteroatoms. The number of halogens is 1. The van der Waals surface area contributed by atoms with Crippen LogP contribution in [-0.4, -0.2) is 51.4 Å². The first-order valence-corrected chi connectivity index (χ1v) is 10.3. The van der Waals surface area contributed by atoms with E-state index >= 15 is 0 Å². The van der Waals surface area contributed by atoms with E-state index in [-0.39, 0.29) is 4.90 Å². The van der Waals surface area contributed by atoms with E-state index in [0.717, 1.165) is 30.2 Å². The molecule has 26 heavy (non-hydrogen) atoms. The van der Waals surface area contributed by atoms with Crippen molar-refractivity contribution in [2.45, 2.75) is 18.4 Å². The molecule has 0 saturated carbocycles. The SMILES string of the molecule is CCN(CCOc1ccc(S(=O)(=O)N(C)C)cc1)Cc1ccccc1Cl. The van der Waals surface area contributed by atoms with Crippen LogP contribution in [0.2, 0.25) is 5.02 Å². The van der Waals surface area contributed by atoms with Crippen LogP contribution in [0.4, 0.5) is 0 Å². The first-order valence-electron chi connectivity index (χ1n) is 8.45. The van der Waals surface area contributed by atoms with E-state index < -0.39 is 10.0 Å². The maximum Gasteiger partial charge on any atom is 0.242 e. The maximum atomic E-state index is 12.1. The molecule has 0 spiro atoms. The zero-order chi connectivity index (χ0) is 19.2. The Bertz CT molecular complexity index is 808. The van der Waals surface area contributed by atoms with Gasteiger partial charge in [-0.25, -0.2) is 12.7 Å². The second kappa shape index (κ2) is 9.37. The lowest BCUT2D eigenvalue weighted by molar-refractivity contribution is 0.210. The van der Waals surface area contributed by atoms with Crippen LogP contribution in [0.3, 0.4) is 0 Å². The molecule has 2 rings (SSSR count). The van der Waals surface area contributed by atoms with Crippen LogP contribution in [0, 0.1) is 0 Å². The number of ether oxygens (including phenoxy) is 1. The predicted octanol–water partition coefficient (Wildman–Crippen LogP) is 3.49. The summed E-state index contributed by atoms with van der Waals surface area (Å²) in [6.07, 6.45) is 0. The van der Waals surface area contributed by atoms with E-state index in [1.807, 2.05) is 24.3 Å². The van der Waals surface area contributed by atoms with Crippen molar-refractivity contribution >= 4 is 21.6 Å². The fourth-order valence-corrected chi connectivity index (χ4v) is 3.52. The van der Waals surface area contributed by atoms with Gasteiger partial charge >= 0.3 is 0 Å². The second-order valence-corrected chi connectivity index (χ2v) is 8.63. The third-order valence-corrected chi connectivity index (χ3v) is 6.28. The van der Waals surface area contributed by atoms with Crippen molar-refractivity contribution in [3.63, 3.8) is 0 Å². The van der Waals surface area contributed by atoms with Gasteiger partial charge in [-0.3, -0.25) is 4.90 Å². The molecule has 0 aromatic heterocycles. The lowest BCUT2D eigenvalue weighted by atomic mass is 10.2. The maximum absolute atomic E-state index is 12.1. The zero-order valence-corrected chi connectivity index (χ0v) is 16.9. The molecule has 0 fully saturated rings. The monoisotopic (exact) mass is 396 g/mol. The summed E-state index contributed by atoms with van der Waals surface area (Å²) in [5.74, 6) is 0.650. The predicted molar refractivity (Wildman–Crippen MR) is 105 cm³/mol. The van der Waals surface area contributed by atoms with E-state index in [2.05, 4.69) is 11.8 Å². The first kappa shape index (κ1) is 20.7. The van der Waals surface area contributed by atoms with Gasteiger partial charge in [0.05, 0.1) is 4.90 Å². The van der Waals surface area contributed by atoms with Gasteiger partial charge in [-0.05, 0) is 42.4 Å². The van der Waals surface area contributed by atoms with Gasteiger partial charge in [0.2, 0.25) is 10.0 Å². The highest BCUT2D eigenvalue weighted by Gasteiger charge is 2.16. The van der Waals surface area contributed by atoms with E-state index in [1.54, 1.807) is 24.3 Å². The summed E-state index contributed by atoms with van der Waals surface area (Å²) in [4.78, 5) is 2.50. The van der Waals surface area contributed by atoms with E-state index in [9.17, 15) is 8.42 Å². The fourth-order valence-electron chi connectivity index (χ4n) is 2.43. The molecule has 2 aromatic rings. The molecule has 0 saturated heterocycles. The number of hydrogen-bond acceptors (Lipinski definition) is 4. The number of nitrogens with zero attached hydrogens (tertiary/aromatic N) is 2. The molecule has 0 bridgehead atoms. The first-order chi connectivity index (χ1) is 12.3. The van der Waals surface area contributed by atoms with Gasteiger partial charge in [0.25, 0.3) is 0 Å². The molecular weight excluding hydrogens is 372 g/mol. The molecule has 0 N–H and O–H groups in total. The van der Waals surface area contributed by atoms with Crippen molar-refractivity contribution in [2.24, 2.45) is 0 Å². The van der Waals surface area contributed by atoms with E-state index in [1.165, 1.54) is 18.4 Å². The molecular formula is C19H25ClN2O3S. The molecule has 0 aliphatic carbocycles. The van der Waals surface area contributed by atoms with Crippen molar-refractivity contribution in [2.75, 3.05) is 33.8 Å². The van der Waals surface area contributed by atoms with Gasteiger partial charge in [-0.1, -0.05) is 36.7 Å². The summed E-state index contributed by atoms with van der Waals surface area (Å²) in [6.45, 7) is 5.00. The zero-order valence-electron chi connectivity index (χ0n) is 15.4. The summed E-state index contributed by atoms with van der Waals surface area (Å²) < 4.78 is 31.1. The number of benzene rings is 2. The normalized spacial score (nSPS) is 11.9. The van der Waals surface area contributed by atoms with Crippen LogP contribution in [0.1, 0.15) is 12.5 Å². The summed E-state index contributed by atoms with van der Waals surface area (Å²) >= 11 is 6.22. The molecule has 0 atom stereocenters. The van der Waals surface area contributed by atoms with Crippen molar-refractivity contribution in [1.82, 2.24) is 9.21 Å². The highest BCUT2D eigenvalue weighted by atomic mass is 35.5. The Morgan fingerprint density at radius 3 is 2.27 bits per heavy atom. The minimum absolute atomic E-state index is 0.253. The van der Waals surface area contributed by atoms with Gasteiger partial charge in [-0.15, -0.1) is 0 Å². The summed E-state index contributed by atoms with van der Waals surface area (Å²) in [5, 5.41) is 0.768. The molecule has 5 nitrogen and oxygen atoms in total. The Morgan fingerprint density at radius 2 is 1.69 bits per heavy atom. The number of rotatable bonds is 9. The van der Waals surface area contributed by atoms with Crippen molar-refractivity contribution < 1.29 is 13.2 Å². The Kier molecular flexibility index (Phi) is 7.46. The van der Waals surface area contributed by atoms with Crippen LogP contribution in [-0.2, 0) is 16.6 Å². The standard InChI is InChI=1S/C19H25ClN2O3S/c1-4-22(15-16-7-5-6-8-19(16)20)13-14-25-17-9-11-18(12-10-17)26(23,24)21(2)3/h5-12H,4,13-15H2,1-3H3. The molecule has 0 radical (unpaired) electrons. The number of hydrogen-bond donors (Lipinski definition) is 0.